The molecule has 0 spiro atoms. The molecule has 0 saturated heterocycles. The van der Waals surface area contributed by atoms with Gasteiger partial charge in [0, 0.05) is 33.2 Å². The van der Waals surface area contributed by atoms with Crippen LogP contribution in [0.3, 0.4) is 0 Å². The van der Waals surface area contributed by atoms with Gasteiger partial charge >= 0.3 is 0 Å². The summed E-state index contributed by atoms with van der Waals surface area (Å²) in [5.41, 5.74) is 4.77. The van der Waals surface area contributed by atoms with Gasteiger partial charge in [-0.3, -0.25) is 0 Å². The topological polar surface area (TPSA) is 6.48 Å². The molecule has 0 amide bonds. The second-order valence-corrected chi connectivity index (χ2v) is 5.07. The number of benzene rings is 3. The predicted octanol–water partition coefficient (Wildman–Crippen LogP) is 5.18. The zero-order valence-electron chi connectivity index (χ0n) is 12.9. The summed E-state index contributed by atoms with van der Waals surface area (Å²) in [7, 11) is 0. The van der Waals surface area contributed by atoms with E-state index in [1.807, 2.05) is 18.2 Å². The molecule has 3 heteroatoms. The third-order valence-corrected chi connectivity index (χ3v) is 3.80. The molecular formula is C20H18IrN2. The van der Waals surface area contributed by atoms with Crippen molar-refractivity contribution in [3.8, 4) is 0 Å². The molecule has 1 aliphatic heterocycles. The number of para-hydroxylation sites is 4. The van der Waals surface area contributed by atoms with Crippen LogP contribution in [0.5, 0.6) is 0 Å². The third-order valence-electron chi connectivity index (χ3n) is 3.80. The van der Waals surface area contributed by atoms with E-state index in [4.69, 9.17) is 0 Å². The van der Waals surface area contributed by atoms with Crippen LogP contribution < -0.4 is 9.80 Å². The molecule has 2 nitrogen and oxygen atoms in total. The van der Waals surface area contributed by atoms with Gasteiger partial charge in [0.1, 0.15) is 0 Å². The Morgan fingerprint density at radius 3 is 1.96 bits per heavy atom. The summed E-state index contributed by atoms with van der Waals surface area (Å²) in [5.74, 6) is 0. The summed E-state index contributed by atoms with van der Waals surface area (Å²) in [6, 6.07) is 30.5. The second kappa shape index (κ2) is 7.36. The van der Waals surface area contributed by atoms with E-state index in [0.29, 0.717) is 0 Å². The number of hydrogen-bond acceptors (Lipinski definition) is 2. The van der Waals surface area contributed by atoms with Crippen LogP contribution in [0.2, 0.25) is 0 Å². The van der Waals surface area contributed by atoms with Gasteiger partial charge in [-0.15, -0.1) is 6.07 Å². The van der Waals surface area contributed by atoms with E-state index in [0.717, 1.165) is 12.4 Å². The van der Waals surface area contributed by atoms with Crippen molar-refractivity contribution >= 4 is 22.7 Å². The number of anilines is 4. The SMILES string of the molecule is [CH3+].[Ir].[c-]1ccccc1N1CN(c2ccccc2)c2ccccc21. The molecule has 3 aromatic rings. The molecule has 1 aliphatic rings. The monoisotopic (exact) mass is 479 g/mol. The maximum Gasteiger partial charge on any atom is 0.0978 e. The fourth-order valence-electron chi connectivity index (χ4n) is 2.80. The quantitative estimate of drug-likeness (QED) is 0.468. The number of rotatable bonds is 2. The van der Waals surface area contributed by atoms with Gasteiger partial charge in [0.2, 0.25) is 0 Å². The molecule has 0 fully saturated rings. The summed E-state index contributed by atoms with van der Waals surface area (Å²) >= 11 is 0. The zero-order chi connectivity index (χ0) is 14.1. The molecule has 23 heavy (non-hydrogen) atoms. The maximum atomic E-state index is 3.32. The summed E-state index contributed by atoms with van der Waals surface area (Å²) in [4.78, 5) is 4.62. The minimum absolute atomic E-state index is 0. The van der Waals surface area contributed by atoms with Gasteiger partial charge in [-0.1, -0.05) is 36.0 Å². The molecular weight excluding hydrogens is 460 g/mol. The molecule has 1 heterocycles. The fourth-order valence-corrected chi connectivity index (χ4v) is 2.80. The fraction of sp³-hybridized carbons (Fsp3) is 0.0500. The predicted molar refractivity (Wildman–Crippen MR) is 93.7 cm³/mol. The first-order chi connectivity index (χ1) is 10.4. The smallest absolute Gasteiger partial charge is 0.0978 e. The van der Waals surface area contributed by atoms with Crippen LogP contribution in [-0.2, 0) is 20.1 Å². The van der Waals surface area contributed by atoms with Gasteiger partial charge in [-0.2, -0.15) is 24.3 Å². The summed E-state index contributed by atoms with van der Waals surface area (Å²) in [5, 5.41) is 0. The van der Waals surface area contributed by atoms with Crippen molar-refractivity contribution < 1.29 is 20.1 Å². The molecule has 117 valence electrons. The van der Waals surface area contributed by atoms with E-state index < -0.39 is 0 Å². The van der Waals surface area contributed by atoms with Gasteiger partial charge in [0.25, 0.3) is 0 Å². The Kier molecular flexibility index (Phi) is 5.49. The first kappa shape index (κ1) is 17.1. The number of nitrogens with zero attached hydrogens (tertiary/aromatic N) is 2. The molecule has 0 aromatic heterocycles. The third kappa shape index (κ3) is 3.12. The standard InChI is InChI=1S/C19H15N2.CH3.Ir/c1-3-9-16(10-4-1)20-15-21(17-11-5-2-6-12-17)19-14-8-7-13-18(19)20;;/h1-11,13-14H,15H2;1H3;/q-1;+1;. The van der Waals surface area contributed by atoms with Gasteiger partial charge in [-0.05, 0) is 24.3 Å². The van der Waals surface area contributed by atoms with E-state index >= 15 is 0 Å². The van der Waals surface area contributed by atoms with Gasteiger partial charge in [0.15, 0.2) is 0 Å². The largest absolute Gasteiger partial charge is 0.345 e. The number of hydrogen-bond donors (Lipinski definition) is 0. The first-order valence-corrected chi connectivity index (χ1v) is 7.09. The van der Waals surface area contributed by atoms with Gasteiger partial charge in [-0.25, -0.2) is 0 Å². The molecule has 4 rings (SSSR count). The van der Waals surface area contributed by atoms with Crippen molar-refractivity contribution in [2.75, 3.05) is 16.5 Å². The van der Waals surface area contributed by atoms with E-state index in [1.54, 1.807) is 0 Å². The van der Waals surface area contributed by atoms with Crippen molar-refractivity contribution in [3.05, 3.63) is 92.4 Å². The zero-order valence-corrected chi connectivity index (χ0v) is 15.3. The average molecular weight is 479 g/mol. The minimum Gasteiger partial charge on any atom is -0.345 e. The molecule has 0 saturated carbocycles. The van der Waals surface area contributed by atoms with Crippen LogP contribution in [0, 0.1) is 13.5 Å². The Bertz CT molecular complexity index is 679. The van der Waals surface area contributed by atoms with Crippen LogP contribution in [0.25, 0.3) is 0 Å². The molecule has 3 aromatic carbocycles. The summed E-state index contributed by atoms with van der Waals surface area (Å²) in [6.07, 6.45) is 0. The Morgan fingerprint density at radius 2 is 1.30 bits per heavy atom. The van der Waals surface area contributed by atoms with Crippen LogP contribution in [0.1, 0.15) is 0 Å². The van der Waals surface area contributed by atoms with Crippen LogP contribution in [0.15, 0.2) is 78.9 Å². The van der Waals surface area contributed by atoms with Crippen molar-refractivity contribution in [2.45, 2.75) is 0 Å². The van der Waals surface area contributed by atoms with E-state index in [-0.39, 0.29) is 27.5 Å². The minimum atomic E-state index is 0. The van der Waals surface area contributed by atoms with Crippen molar-refractivity contribution in [1.82, 2.24) is 0 Å². The Balaban J connectivity index is 0.000000960. The number of fused-ring (bicyclic) bond motifs is 1. The molecule has 0 bridgehead atoms. The Labute approximate surface area is 151 Å². The van der Waals surface area contributed by atoms with Crippen LogP contribution >= 0.6 is 0 Å². The van der Waals surface area contributed by atoms with Crippen molar-refractivity contribution in [1.29, 1.82) is 0 Å². The van der Waals surface area contributed by atoms with Crippen LogP contribution in [-0.4, -0.2) is 6.67 Å². The van der Waals surface area contributed by atoms with Crippen LogP contribution in [0.4, 0.5) is 22.7 Å². The van der Waals surface area contributed by atoms with E-state index in [2.05, 4.69) is 76.5 Å². The molecule has 0 aliphatic carbocycles. The first-order valence-electron chi connectivity index (χ1n) is 7.09. The summed E-state index contributed by atoms with van der Waals surface area (Å²) in [6.45, 7) is 0.809. The molecule has 0 unspecified atom stereocenters. The van der Waals surface area contributed by atoms with Gasteiger partial charge in [0.05, 0.1) is 18.0 Å². The Morgan fingerprint density at radius 1 is 0.696 bits per heavy atom. The molecule has 0 atom stereocenters. The van der Waals surface area contributed by atoms with E-state index in [9.17, 15) is 0 Å². The van der Waals surface area contributed by atoms with Gasteiger partial charge < -0.3 is 9.80 Å². The normalized spacial score (nSPS) is 12.2. The molecule has 1 radical (unpaired) electrons. The molecule has 0 N–H and O–H groups in total. The second-order valence-electron chi connectivity index (χ2n) is 5.07. The summed E-state index contributed by atoms with van der Waals surface area (Å²) < 4.78 is 0. The van der Waals surface area contributed by atoms with Crippen molar-refractivity contribution in [2.24, 2.45) is 0 Å². The maximum absolute atomic E-state index is 3.32. The van der Waals surface area contributed by atoms with E-state index in [1.165, 1.54) is 17.1 Å². The Hall–Kier alpha value is -2.22. The average Bonchev–Trinajstić information content (AvgIpc) is 2.96. The van der Waals surface area contributed by atoms with Crippen molar-refractivity contribution in [3.63, 3.8) is 0 Å².